The van der Waals surface area contributed by atoms with Crippen LogP contribution < -0.4 is 9.62 Å². The number of nitrogens with one attached hydrogen (secondary N) is 1. The summed E-state index contributed by atoms with van der Waals surface area (Å²) in [7, 11) is -3.68. The van der Waals surface area contributed by atoms with Crippen molar-refractivity contribution in [1.29, 1.82) is 0 Å². The number of carbonyl (C=O) groups excluding carboxylic acids is 1. The molecule has 1 heterocycles. The van der Waals surface area contributed by atoms with Crippen LogP contribution in [0.25, 0.3) is 0 Å². The lowest BCUT2D eigenvalue weighted by Crippen LogP contribution is -2.35. The van der Waals surface area contributed by atoms with E-state index in [1.807, 2.05) is 62.4 Å². The minimum absolute atomic E-state index is 0.0417. The van der Waals surface area contributed by atoms with Gasteiger partial charge in [-0.2, -0.15) is 0 Å². The van der Waals surface area contributed by atoms with Crippen LogP contribution >= 0.6 is 0 Å². The number of hydrogen-bond donors (Lipinski definition) is 1. The predicted octanol–water partition coefficient (Wildman–Crippen LogP) is 4.70. The lowest BCUT2D eigenvalue weighted by atomic mass is 10.00. The smallest absolute Gasteiger partial charge is 0.261 e. The Morgan fingerprint density at radius 3 is 2.43 bits per heavy atom. The van der Waals surface area contributed by atoms with Gasteiger partial charge in [-0.15, -0.1) is 0 Å². The van der Waals surface area contributed by atoms with Crippen molar-refractivity contribution in [2.24, 2.45) is 0 Å². The molecular formula is C24H24N2O3S. The number of fused-ring (bicyclic) bond motifs is 1. The van der Waals surface area contributed by atoms with Gasteiger partial charge in [0, 0.05) is 23.5 Å². The average Bonchev–Trinajstić information content (AvgIpc) is 2.75. The molecule has 0 radical (unpaired) electrons. The molecule has 0 bridgehead atoms. The molecule has 3 aromatic carbocycles. The highest BCUT2D eigenvalue weighted by atomic mass is 32.2. The van der Waals surface area contributed by atoms with E-state index in [-0.39, 0.29) is 10.8 Å². The summed E-state index contributed by atoms with van der Waals surface area (Å²) in [6.07, 6.45) is 1.63. The van der Waals surface area contributed by atoms with E-state index >= 15 is 0 Å². The first-order chi connectivity index (χ1) is 14.3. The molecule has 0 fully saturated rings. The van der Waals surface area contributed by atoms with Gasteiger partial charge >= 0.3 is 0 Å². The van der Waals surface area contributed by atoms with Crippen molar-refractivity contribution in [2.45, 2.75) is 31.6 Å². The van der Waals surface area contributed by atoms with Crippen LogP contribution in [0.3, 0.4) is 0 Å². The molecule has 1 N–H and O–H groups in total. The summed E-state index contributed by atoms with van der Waals surface area (Å²) >= 11 is 0. The first kappa shape index (κ1) is 20.2. The maximum absolute atomic E-state index is 12.9. The molecule has 3 aromatic rings. The van der Waals surface area contributed by atoms with E-state index in [9.17, 15) is 13.2 Å². The highest BCUT2D eigenvalue weighted by Crippen LogP contribution is 2.31. The molecule has 154 valence electrons. The molecule has 1 aliphatic rings. The number of anilines is 2. The van der Waals surface area contributed by atoms with Crippen molar-refractivity contribution < 1.29 is 13.2 Å². The average molecular weight is 421 g/mol. The number of aryl methyl sites for hydroxylation is 3. The van der Waals surface area contributed by atoms with Crippen LogP contribution in [-0.2, 0) is 16.4 Å². The van der Waals surface area contributed by atoms with Gasteiger partial charge in [0.25, 0.3) is 15.9 Å². The summed E-state index contributed by atoms with van der Waals surface area (Å²) < 4.78 is 28.3. The Bertz CT molecular complexity index is 1200. The number of carbonyl (C=O) groups is 1. The van der Waals surface area contributed by atoms with Crippen LogP contribution in [0.4, 0.5) is 11.4 Å². The number of nitrogens with zero attached hydrogens (tertiary/aromatic N) is 1. The quantitative estimate of drug-likeness (QED) is 0.665. The number of hydrogen-bond acceptors (Lipinski definition) is 3. The summed E-state index contributed by atoms with van der Waals surface area (Å²) in [6.45, 7) is 4.49. The molecule has 1 amide bonds. The third-order valence-corrected chi connectivity index (χ3v) is 6.88. The second kappa shape index (κ2) is 7.95. The summed E-state index contributed by atoms with van der Waals surface area (Å²) in [6, 6.07) is 19.7. The molecule has 5 nitrogen and oxygen atoms in total. The van der Waals surface area contributed by atoms with Crippen LogP contribution in [0.2, 0.25) is 0 Å². The molecule has 0 atom stereocenters. The highest BCUT2D eigenvalue weighted by molar-refractivity contribution is 7.92. The van der Waals surface area contributed by atoms with Gasteiger partial charge in [-0.25, -0.2) is 8.42 Å². The first-order valence-electron chi connectivity index (χ1n) is 9.95. The maximum atomic E-state index is 12.9. The third-order valence-electron chi connectivity index (χ3n) is 5.50. The normalized spacial score (nSPS) is 13.6. The van der Waals surface area contributed by atoms with Gasteiger partial charge in [-0.05, 0) is 85.8 Å². The highest BCUT2D eigenvalue weighted by Gasteiger charge is 2.24. The zero-order valence-electron chi connectivity index (χ0n) is 17.1. The van der Waals surface area contributed by atoms with Gasteiger partial charge < -0.3 is 4.90 Å². The number of rotatable bonds is 4. The van der Waals surface area contributed by atoms with Gasteiger partial charge in [0.1, 0.15) is 0 Å². The molecule has 4 rings (SSSR count). The summed E-state index contributed by atoms with van der Waals surface area (Å²) in [5, 5.41) is 0. The summed E-state index contributed by atoms with van der Waals surface area (Å²) in [4.78, 5) is 14.9. The van der Waals surface area contributed by atoms with E-state index in [4.69, 9.17) is 0 Å². The third kappa shape index (κ3) is 3.96. The van der Waals surface area contributed by atoms with Crippen molar-refractivity contribution in [3.63, 3.8) is 0 Å². The van der Waals surface area contributed by atoms with Crippen molar-refractivity contribution in [3.8, 4) is 0 Å². The SMILES string of the molecule is Cc1ccc(S(=O)(=O)Nc2ccc3c(c2)CCCN3C(=O)c2ccccc2)cc1C. The van der Waals surface area contributed by atoms with Crippen molar-refractivity contribution in [2.75, 3.05) is 16.2 Å². The minimum Gasteiger partial charge on any atom is -0.308 e. The summed E-state index contributed by atoms with van der Waals surface area (Å²) in [5.74, 6) is -0.0417. The fourth-order valence-corrected chi connectivity index (χ4v) is 4.84. The largest absolute Gasteiger partial charge is 0.308 e. The standard InChI is InChI=1S/C24H24N2O3S/c1-17-10-12-22(15-18(17)2)30(28,29)25-21-11-13-23-20(16-21)9-6-14-26(23)24(27)19-7-4-3-5-8-19/h3-5,7-8,10-13,15-16,25H,6,9,14H2,1-2H3. The molecule has 6 heteroatoms. The molecular weight excluding hydrogens is 396 g/mol. The van der Waals surface area contributed by atoms with Crippen LogP contribution in [0, 0.1) is 13.8 Å². The first-order valence-corrected chi connectivity index (χ1v) is 11.4. The minimum atomic E-state index is -3.68. The lowest BCUT2D eigenvalue weighted by Gasteiger charge is -2.30. The second-order valence-electron chi connectivity index (χ2n) is 7.62. The summed E-state index contributed by atoms with van der Waals surface area (Å²) in [5.41, 5.74) is 4.92. The second-order valence-corrected chi connectivity index (χ2v) is 9.30. The van der Waals surface area contributed by atoms with Crippen LogP contribution in [-0.4, -0.2) is 20.9 Å². The predicted molar refractivity (Wildman–Crippen MR) is 120 cm³/mol. The molecule has 1 aliphatic heterocycles. The Morgan fingerprint density at radius 1 is 0.933 bits per heavy atom. The Balaban J connectivity index is 1.61. The number of benzene rings is 3. The van der Waals surface area contributed by atoms with Crippen molar-refractivity contribution >= 4 is 27.3 Å². The monoisotopic (exact) mass is 420 g/mol. The van der Waals surface area contributed by atoms with Gasteiger partial charge in [-0.1, -0.05) is 24.3 Å². The molecule has 0 aromatic heterocycles. The van der Waals surface area contributed by atoms with E-state index < -0.39 is 10.0 Å². The van der Waals surface area contributed by atoms with E-state index in [2.05, 4.69) is 4.72 Å². The molecule has 0 saturated heterocycles. The van der Waals surface area contributed by atoms with Gasteiger partial charge in [0.15, 0.2) is 0 Å². The van der Waals surface area contributed by atoms with E-state index in [1.54, 1.807) is 23.1 Å². The lowest BCUT2D eigenvalue weighted by molar-refractivity contribution is 0.0985. The molecule has 0 unspecified atom stereocenters. The van der Waals surface area contributed by atoms with Gasteiger partial charge in [0.05, 0.1) is 4.90 Å². The van der Waals surface area contributed by atoms with Crippen LogP contribution in [0.1, 0.15) is 33.5 Å². The fraction of sp³-hybridized carbons (Fsp3) is 0.208. The molecule has 30 heavy (non-hydrogen) atoms. The van der Waals surface area contributed by atoms with Gasteiger partial charge in [0.2, 0.25) is 0 Å². The van der Waals surface area contributed by atoms with E-state index in [1.165, 1.54) is 0 Å². The van der Waals surface area contributed by atoms with Gasteiger partial charge in [-0.3, -0.25) is 9.52 Å². The Kier molecular flexibility index (Phi) is 5.35. The van der Waals surface area contributed by atoms with Crippen molar-refractivity contribution in [3.05, 3.63) is 89.0 Å². The maximum Gasteiger partial charge on any atom is 0.261 e. The zero-order valence-corrected chi connectivity index (χ0v) is 17.9. The Hall–Kier alpha value is -3.12. The molecule has 0 aliphatic carbocycles. The Labute approximate surface area is 177 Å². The van der Waals surface area contributed by atoms with Crippen LogP contribution in [0.5, 0.6) is 0 Å². The number of amides is 1. The fourth-order valence-electron chi connectivity index (χ4n) is 3.70. The number of sulfonamides is 1. The van der Waals surface area contributed by atoms with E-state index in [0.717, 1.165) is 35.2 Å². The Morgan fingerprint density at radius 2 is 1.70 bits per heavy atom. The zero-order chi connectivity index (χ0) is 21.3. The topological polar surface area (TPSA) is 66.5 Å². The van der Waals surface area contributed by atoms with Crippen molar-refractivity contribution in [1.82, 2.24) is 0 Å². The molecule has 0 saturated carbocycles. The van der Waals surface area contributed by atoms with Crippen LogP contribution in [0.15, 0.2) is 71.6 Å². The molecule has 0 spiro atoms. The van der Waals surface area contributed by atoms with E-state index in [0.29, 0.717) is 17.8 Å².